The first-order chi connectivity index (χ1) is 6.02. The lowest BCUT2D eigenvalue weighted by molar-refractivity contribution is -0.0813. The number of likely N-dealkylation sites (N-methyl/N-ethyl adjacent to an activating group) is 1. The molecule has 4 heteroatoms. The maximum Gasteiger partial charge on any atom is 0.272 e. The van der Waals surface area contributed by atoms with E-state index in [9.17, 15) is 9.90 Å². The van der Waals surface area contributed by atoms with Crippen LogP contribution < -0.4 is 0 Å². The van der Waals surface area contributed by atoms with E-state index in [1.165, 1.54) is 4.90 Å². The summed E-state index contributed by atoms with van der Waals surface area (Å²) in [5, 5.41) is 9.86. The van der Waals surface area contributed by atoms with Gasteiger partial charge in [0.2, 0.25) is 0 Å². The van der Waals surface area contributed by atoms with Crippen molar-refractivity contribution < 1.29 is 9.90 Å². The van der Waals surface area contributed by atoms with Gasteiger partial charge in [-0.3, -0.25) is 4.79 Å². The van der Waals surface area contributed by atoms with Crippen LogP contribution in [-0.4, -0.2) is 33.3 Å². The van der Waals surface area contributed by atoms with Gasteiger partial charge in [-0.1, -0.05) is 0 Å². The topological polar surface area (TPSA) is 45.5 Å². The Labute approximate surface area is 76.4 Å². The maximum absolute atomic E-state index is 11.6. The standard InChI is InChI=1S/C9H12N2O2/c1-9(13)6-11-5-3-4-7(11)8(12)10(9)2/h3-5,13H,6H2,1-2H3. The van der Waals surface area contributed by atoms with Gasteiger partial charge in [-0.05, 0) is 19.1 Å². The number of hydrogen-bond donors (Lipinski definition) is 1. The van der Waals surface area contributed by atoms with Crippen LogP contribution in [0.5, 0.6) is 0 Å². The van der Waals surface area contributed by atoms with Crippen molar-refractivity contribution in [3.63, 3.8) is 0 Å². The van der Waals surface area contributed by atoms with E-state index < -0.39 is 5.72 Å². The summed E-state index contributed by atoms with van der Waals surface area (Å²) < 4.78 is 1.77. The minimum atomic E-state index is -1.08. The van der Waals surface area contributed by atoms with Crippen LogP contribution in [0.3, 0.4) is 0 Å². The van der Waals surface area contributed by atoms with Gasteiger partial charge in [0, 0.05) is 13.2 Å². The van der Waals surface area contributed by atoms with Crippen molar-refractivity contribution >= 4 is 5.91 Å². The molecule has 0 bridgehead atoms. The van der Waals surface area contributed by atoms with E-state index in [4.69, 9.17) is 0 Å². The van der Waals surface area contributed by atoms with Gasteiger partial charge in [0.25, 0.3) is 5.91 Å². The smallest absolute Gasteiger partial charge is 0.272 e. The van der Waals surface area contributed by atoms with Crippen LogP contribution in [0.1, 0.15) is 17.4 Å². The number of hydrogen-bond acceptors (Lipinski definition) is 2. The Bertz CT molecular complexity index is 354. The van der Waals surface area contributed by atoms with Gasteiger partial charge in [-0.25, -0.2) is 0 Å². The first kappa shape index (κ1) is 8.31. The summed E-state index contributed by atoms with van der Waals surface area (Å²) in [6, 6.07) is 3.57. The third-order valence-electron chi connectivity index (χ3n) is 2.55. The van der Waals surface area contributed by atoms with Gasteiger partial charge in [0.05, 0.1) is 6.54 Å². The zero-order valence-electron chi connectivity index (χ0n) is 7.69. The Balaban J connectivity index is 2.51. The van der Waals surface area contributed by atoms with Crippen molar-refractivity contribution in [3.8, 4) is 0 Å². The number of aliphatic hydroxyl groups is 1. The SMILES string of the molecule is CN1C(=O)c2cccn2CC1(C)O. The Kier molecular flexibility index (Phi) is 1.51. The highest BCUT2D eigenvalue weighted by molar-refractivity contribution is 5.93. The molecule has 0 saturated carbocycles. The average molecular weight is 180 g/mol. The van der Waals surface area contributed by atoms with Gasteiger partial charge in [-0.2, -0.15) is 0 Å². The second-order valence-corrected chi connectivity index (χ2v) is 3.60. The summed E-state index contributed by atoms with van der Waals surface area (Å²) in [5.74, 6) is -0.138. The van der Waals surface area contributed by atoms with Gasteiger partial charge in [0.15, 0.2) is 5.72 Å². The number of nitrogens with zero attached hydrogens (tertiary/aromatic N) is 2. The third-order valence-corrected chi connectivity index (χ3v) is 2.55. The minimum Gasteiger partial charge on any atom is -0.369 e. The van der Waals surface area contributed by atoms with Crippen molar-refractivity contribution in [2.24, 2.45) is 0 Å². The molecule has 1 amide bonds. The van der Waals surface area contributed by atoms with E-state index in [1.54, 1.807) is 30.8 Å². The van der Waals surface area contributed by atoms with Crippen molar-refractivity contribution in [1.82, 2.24) is 9.47 Å². The highest BCUT2D eigenvalue weighted by Gasteiger charge is 2.36. The van der Waals surface area contributed by atoms with Crippen LogP contribution in [0.15, 0.2) is 18.3 Å². The van der Waals surface area contributed by atoms with E-state index in [2.05, 4.69) is 0 Å². The number of aromatic nitrogens is 1. The molecule has 0 fully saturated rings. The maximum atomic E-state index is 11.6. The van der Waals surface area contributed by atoms with Gasteiger partial charge in [-0.15, -0.1) is 0 Å². The molecule has 0 spiro atoms. The number of carbonyl (C=O) groups is 1. The average Bonchev–Trinajstić information content (AvgIpc) is 2.47. The lowest BCUT2D eigenvalue weighted by Crippen LogP contribution is -2.54. The predicted octanol–water partition coefficient (Wildman–Crippen LogP) is 0.282. The molecule has 1 aliphatic heterocycles. The van der Waals surface area contributed by atoms with Crippen LogP contribution in [0.4, 0.5) is 0 Å². The van der Waals surface area contributed by atoms with Crippen LogP contribution >= 0.6 is 0 Å². The van der Waals surface area contributed by atoms with E-state index in [0.29, 0.717) is 12.2 Å². The third kappa shape index (κ3) is 1.06. The Morgan fingerprint density at radius 3 is 3.00 bits per heavy atom. The fraction of sp³-hybridized carbons (Fsp3) is 0.444. The van der Waals surface area contributed by atoms with Gasteiger partial charge in [0.1, 0.15) is 5.69 Å². The van der Waals surface area contributed by atoms with Gasteiger partial charge >= 0.3 is 0 Å². The normalized spacial score (nSPS) is 27.6. The number of rotatable bonds is 0. The lowest BCUT2D eigenvalue weighted by atomic mass is 10.1. The molecule has 4 nitrogen and oxygen atoms in total. The van der Waals surface area contributed by atoms with Gasteiger partial charge < -0.3 is 14.6 Å². The predicted molar refractivity (Wildman–Crippen MR) is 47.1 cm³/mol. The van der Waals surface area contributed by atoms with Crippen molar-refractivity contribution in [1.29, 1.82) is 0 Å². The van der Waals surface area contributed by atoms with Crippen LogP contribution in [0.2, 0.25) is 0 Å². The lowest BCUT2D eigenvalue weighted by Gasteiger charge is -2.38. The molecule has 1 aromatic heterocycles. The van der Waals surface area contributed by atoms with Crippen LogP contribution in [0, 0.1) is 0 Å². The van der Waals surface area contributed by atoms with Crippen molar-refractivity contribution in [2.75, 3.05) is 7.05 Å². The fourth-order valence-electron chi connectivity index (χ4n) is 1.57. The first-order valence-corrected chi connectivity index (χ1v) is 4.18. The largest absolute Gasteiger partial charge is 0.369 e. The fourth-order valence-corrected chi connectivity index (χ4v) is 1.57. The molecule has 0 aliphatic carbocycles. The number of carbonyl (C=O) groups excluding carboxylic acids is 1. The molecule has 0 radical (unpaired) electrons. The highest BCUT2D eigenvalue weighted by atomic mass is 16.3. The molecule has 1 unspecified atom stereocenters. The second kappa shape index (κ2) is 2.35. The van der Waals surface area contributed by atoms with E-state index in [1.807, 2.05) is 6.07 Å². The molecule has 70 valence electrons. The van der Waals surface area contributed by atoms with Crippen molar-refractivity contribution in [2.45, 2.75) is 19.2 Å². The summed E-state index contributed by atoms with van der Waals surface area (Å²) in [5.41, 5.74) is -0.447. The Hall–Kier alpha value is -1.29. The highest BCUT2D eigenvalue weighted by Crippen LogP contribution is 2.22. The molecule has 0 saturated heterocycles. The molecular weight excluding hydrogens is 168 g/mol. The monoisotopic (exact) mass is 180 g/mol. The Morgan fingerprint density at radius 1 is 1.62 bits per heavy atom. The molecule has 1 atom stereocenters. The molecule has 2 heterocycles. The molecule has 0 aromatic carbocycles. The Morgan fingerprint density at radius 2 is 2.31 bits per heavy atom. The van der Waals surface area contributed by atoms with E-state index >= 15 is 0 Å². The van der Waals surface area contributed by atoms with Crippen molar-refractivity contribution in [3.05, 3.63) is 24.0 Å². The molecular formula is C9H12N2O2. The first-order valence-electron chi connectivity index (χ1n) is 4.18. The second-order valence-electron chi connectivity index (χ2n) is 3.60. The quantitative estimate of drug-likeness (QED) is 0.623. The van der Waals surface area contributed by atoms with E-state index in [0.717, 1.165) is 0 Å². The molecule has 1 N–H and O–H groups in total. The minimum absolute atomic E-state index is 0.138. The summed E-state index contributed by atoms with van der Waals surface area (Å²) in [6.45, 7) is 2.06. The molecule has 2 rings (SSSR count). The molecule has 1 aromatic rings. The molecule has 1 aliphatic rings. The van der Waals surface area contributed by atoms with Crippen LogP contribution in [-0.2, 0) is 6.54 Å². The molecule has 13 heavy (non-hydrogen) atoms. The summed E-state index contributed by atoms with van der Waals surface area (Å²) in [4.78, 5) is 13.0. The number of fused-ring (bicyclic) bond motifs is 1. The zero-order valence-corrected chi connectivity index (χ0v) is 7.69. The summed E-state index contributed by atoms with van der Waals surface area (Å²) >= 11 is 0. The summed E-state index contributed by atoms with van der Waals surface area (Å²) in [6.07, 6.45) is 1.80. The number of amides is 1. The van der Waals surface area contributed by atoms with Crippen LogP contribution in [0.25, 0.3) is 0 Å². The van der Waals surface area contributed by atoms with E-state index in [-0.39, 0.29) is 5.91 Å². The summed E-state index contributed by atoms with van der Waals surface area (Å²) in [7, 11) is 1.61. The zero-order chi connectivity index (χ0) is 9.64.